The monoisotopic (exact) mass is 240 g/mol. The van der Waals surface area contributed by atoms with E-state index < -0.39 is 0 Å². The van der Waals surface area contributed by atoms with Gasteiger partial charge in [0.1, 0.15) is 0 Å². The Labute approximate surface area is 101 Å². The molecule has 0 bridgehead atoms. The van der Waals surface area contributed by atoms with Crippen molar-refractivity contribution in [2.45, 2.75) is 6.92 Å². The van der Waals surface area contributed by atoms with Crippen molar-refractivity contribution in [2.24, 2.45) is 0 Å². The highest BCUT2D eigenvalue weighted by atomic mass is 35.5. The second-order valence-corrected chi connectivity index (χ2v) is 4.39. The van der Waals surface area contributed by atoms with Gasteiger partial charge in [0, 0.05) is 26.2 Å². The van der Waals surface area contributed by atoms with Gasteiger partial charge in [-0.15, -0.1) is 0 Å². The van der Waals surface area contributed by atoms with Crippen LogP contribution >= 0.6 is 11.6 Å². The molecule has 1 saturated heterocycles. The molecule has 1 N–H and O–H groups in total. The summed E-state index contributed by atoms with van der Waals surface area (Å²) in [7, 11) is 1.67. The Kier molecular flexibility index (Phi) is 3.56. The Balaban J connectivity index is 2.40. The maximum absolute atomic E-state index is 6.15. The summed E-state index contributed by atoms with van der Waals surface area (Å²) in [5, 5.41) is 4.02. The van der Waals surface area contributed by atoms with Crippen LogP contribution in [-0.2, 0) is 0 Å². The fraction of sp³-hybridized carbons (Fsp3) is 0.500. The lowest BCUT2D eigenvalue weighted by atomic mass is 10.1. The van der Waals surface area contributed by atoms with Gasteiger partial charge in [0.25, 0.3) is 0 Å². The maximum atomic E-state index is 6.15. The van der Waals surface area contributed by atoms with Crippen molar-refractivity contribution in [3.05, 3.63) is 22.7 Å². The van der Waals surface area contributed by atoms with E-state index in [4.69, 9.17) is 16.3 Å². The zero-order chi connectivity index (χ0) is 11.5. The van der Waals surface area contributed by atoms with Gasteiger partial charge < -0.3 is 15.0 Å². The normalized spacial score (nSPS) is 16.3. The topological polar surface area (TPSA) is 24.5 Å². The first-order valence-corrected chi connectivity index (χ1v) is 5.90. The average Bonchev–Trinajstić information content (AvgIpc) is 2.33. The van der Waals surface area contributed by atoms with Gasteiger partial charge in [0.05, 0.1) is 17.8 Å². The Morgan fingerprint density at radius 1 is 1.31 bits per heavy atom. The molecule has 0 aromatic heterocycles. The predicted molar refractivity (Wildman–Crippen MR) is 67.8 cm³/mol. The van der Waals surface area contributed by atoms with Crippen LogP contribution in [0.4, 0.5) is 5.69 Å². The first kappa shape index (κ1) is 11.6. The van der Waals surface area contributed by atoms with E-state index in [9.17, 15) is 0 Å². The third-order valence-electron chi connectivity index (χ3n) is 2.92. The molecule has 3 nitrogen and oxygen atoms in total. The van der Waals surface area contributed by atoms with E-state index in [0.717, 1.165) is 37.6 Å². The molecule has 0 radical (unpaired) electrons. The van der Waals surface area contributed by atoms with Crippen LogP contribution in [-0.4, -0.2) is 33.3 Å². The standard InChI is InChI=1S/C12H17ClN2O/c1-9-3-4-10(13)12(16-2)11(9)15-7-5-14-6-8-15/h3-4,14H,5-8H2,1-2H3. The number of halogens is 1. The molecule has 4 heteroatoms. The van der Waals surface area contributed by atoms with Crippen LogP contribution < -0.4 is 15.0 Å². The third-order valence-corrected chi connectivity index (χ3v) is 3.22. The number of rotatable bonds is 2. The fourth-order valence-corrected chi connectivity index (χ4v) is 2.35. The van der Waals surface area contributed by atoms with Crippen LogP contribution in [0.25, 0.3) is 0 Å². The molecule has 0 saturated carbocycles. The van der Waals surface area contributed by atoms with Crippen molar-refractivity contribution in [1.82, 2.24) is 5.32 Å². The Hall–Kier alpha value is -0.930. The number of benzene rings is 1. The Morgan fingerprint density at radius 3 is 2.62 bits per heavy atom. The first-order valence-electron chi connectivity index (χ1n) is 5.53. The SMILES string of the molecule is COc1c(Cl)ccc(C)c1N1CCNCC1. The van der Waals surface area contributed by atoms with Crippen LogP contribution in [0.5, 0.6) is 5.75 Å². The van der Waals surface area contributed by atoms with E-state index in [1.165, 1.54) is 5.56 Å². The Bertz CT molecular complexity index is 376. The molecule has 0 unspecified atom stereocenters. The minimum atomic E-state index is 0.682. The lowest BCUT2D eigenvalue weighted by molar-refractivity contribution is 0.413. The number of hydrogen-bond donors (Lipinski definition) is 1. The first-order chi connectivity index (χ1) is 7.74. The number of hydrogen-bond acceptors (Lipinski definition) is 3. The van der Waals surface area contributed by atoms with Gasteiger partial charge >= 0.3 is 0 Å². The summed E-state index contributed by atoms with van der Waals surface area (Å²) in [6.45, 7) is 6.11. The van der Waals surface area contributed by atoms with Gasteiger partial charge in [-0.05, 0) is 18.6 Å². The van der Waals surface area contributed by atoms with Crippen molar-refractivity contribution < 1.29 is 4.74 Å². The molecule has 0 amide bonds. The molecule has 0 aliphatic carbocycles. The highest BCUT2D eigenvalue weighted by Crippen LogP contribution is 2.38. The Morgan fingerprint density at radius 2 is 2.00 bits per heavy atom. The number of nitrogens with one attached hydrogen (secondary N) is 1. The van der Waals surface area contributed by atoms with Crippen molar-refractivity contribution in [3.8, 4) is 5.75 Å². The van der Waals surface area contributed by atoms with E-state index >= 15 is 0 Å². The van der Waals surface area contributed by atoms with E-state index in [-0.39, 0.29) is 0 Å². The minimum Gasteiger partial charge on any atom is -0.493 e. The summed E-state index contributed by atoms with van der Waals surface area (Å²) in [5.74, 6) is 0.795. The van der Waals surface area contributed by atoms with Crippen LogP contribution in [0.2, 0.25) is 5.02 Å². The van der Waals surface area contributed by atoms with Crippen molar-refractivity contribution in [3.63, 3.8) is 0 Å². The van der Waals surface area contributed by atoms with E-state index in [1.807, 2.05) is 12.1 Å². The zero-order valence-electron chi connectivity index (χ0n) is 9.72. The van der Waals surface area contributed by atoms with Crippen LogP contribution in [0, 0.1) is 6.92 Å². The number of methoxy groups -OCH3 is 1. The van der Waals surface area contributed by atoms with Gasteiger partial charge in [-0.3, -0.25) is 0 Å². The van der Waals surface area contributed by atoms with Gasteiger partial charge in [-0.25, -0.2) is 0 Å². The third kappa shape index (κ3) is 2.11. The second kappa shape index (κ2) is 4.93. The number of nitrogens with zero attached hydrogens (tertiary/aromatic N) is 1. The molecular formula is C12H17ClN2O. The predicted octanol–water partition coefficient (Wildman–Crippen LogP) is 2.07. The zero-order valence-corrected chi connectivity index (χ0v) is 10.5. The van der Waals surface area contributed by atoms with E-state index in [2.05, 4.69) is 17.1 Å². The quantitative estimate of drug-likeness (QED) is 0.857. The largest absolute Gasteiger partial charge is 0.493 e. The molecule has 88 valence electrons. The summed E-state index contributed by atoms with van der Waals surface area (Å²) in [4.78, 5) is 2.33. The fourth-order valence-electron chi connectivity index (χ4n) is 2.12. The molecule has 1 aromatic rings. The van der Waals surface area contributed by atoms with E-state index in [0.29, 0.717) is 5.02 Å². The molecule has 0 spiro atoms. The lowest BCUT2D eigenvalue weighted by Gasteiger charge is -2.32. The molecule has 1 aliphatic heterocycles. The minimum absolute atomic E-state index is 0.682. The number of ether oxygens (including phenoxy) is 1. The van der Waals surface area contributed by atoms with Crippen LogP contribution in [0.15, 0.2) is 12.1 Å². The van der Waals surface area contributed by atoms with Crippen LogP contribution in [0.3, 0.4) is 0 Å². The smallest absolute Gasteiger partial charge is 0.160 e. The highest BCUT2D eigenvalue weighted by molar-refractivity contribution is 6.32. The molecule has 1 aromatic carbocycles. The molecule has 1 fully saturated rings. The van der Waals surface area contributed by atoms with Crippen molar-refractivity contribution >= 4 is 17.3 Å². The molecule has 0 atom stereocenters. The molecule has 16 heavy (non-hydrogen) atoms. The number of aryl methyl sites for hydroxylation is 1. The van der Waals surface area contributed by atoms with Gasteiger partial charge in [0.15, 0.2) is 5.75 Å². The second-order valence-electron chi connectivity index (χ2n) is 3.98. The van der Waals surface area contributed by atoms with Gasteiger partial charge in [-0.1, -0.05) is 17.7 Å². The lowest BCUT2D eigenvalue weighted by Crippen LogP contribution is -2.44. The van der Waals surface area contributed by atoms with Gasteiger partial charge in [0.2, 0.25) is 0 Å². The molecule has 2 rings (SSSR count). The summed E-state index contributed by atoms with van der Waals surface area (Å²) in [6, 6.07) is 3.93. The van der Waals surface area contributed by atoms with Crippen molar-refractivity contribution in [2.75, 3.05) is 38.2 Å². The number of piperazine rings is 1. The molecule has 1 heterocycles. The average molecular weight is 241 g/mol. The molecular weight excluding hydrogens is 224 g/mol. The van der Waals surface area contributed by atoms with Crippen LogP contribution in [0.1, 0.15) is 5.56 Å². The summed E-state index contributed by atoms with van der Waals surface area (Å²) in [6.07, 6.45) is 0. The molecule has 1 aliphatic rings. The van der Waals surface area contributed by atoms with E-state index in [1.54, 1.807) is 7.11 Å². The summed E-state index contributed by atoms with van der Waals surface area (Å²) in [5.41, 5.74) is 2.35. The van der Waals surface area contributed by atoms with Crippen molar-refractivity contribution in [1.29, 1.82) is 0 Å². The summed E-state index contributed by atoms with van der Waals surface area (Å²) < 4.78 is 5.42. The maximum Gasteiger partial charge on any atom is 0.160 e. The number of anilines is 1. The summed E-state index contributed by atoms with van der Waals surface area (Å²) >= 11 is 6.15. The highest BCUT2D eigenvalue weighted by Gasteiger charge is 2.18. The van der Waals surface area contributed by atoms with Gasteiger partial charge in [-0.2, -0.15) is 0 Å².